The van der Waals surface area contributed by atoms with Crippen LogP contribution in [0.2, 0.25) is 0 Å². The smallest absolute Gasteiger partial charge is 0.222 e. The molecule has 138 valence electrons. The maximum absolute atomic E-state index is 12.5. The molecule has 0 saturated carbocycles. The average Bonchev–Trinajstić information content (AvgIpc) is 2.91. The van der Waals surface area contributed by atoms with Crippen molar-refractivity contribution in [3.05, 3.63) is 23.8 Å². The van der Waals surface area contributed by atoms with Crippen LogP contribution in [0.15, 0.2) is 12.4 Å². The third-order valence-corrected chi connectivity index (χ3v) is 5.60. The van der Waals surface area contributed by atoms with Crippen molar-refractivity contribution < 1.29 is 4.79 Å². The van der Waals surface area contributed by atoms with Crippen LogP contribution in [0.25, 0.3) is 0 Å². The van der Waals surface area contributed by atoms with Gasteiger partial charge in [-0.15, -0.1) is 0 Å². The predicted molar refractivity (Wildman–Crippen MR) is 99.5 cm³/mol. The number of hydrogen-bond acceptors (Lipinski definition) is 4. The first-order chi connectivity index (χ1) is 12.2. The fraction of sp³-hybridized carbons (Fsp3) is 0.750. The van der Waals surface area contributed by atoms with E-state index in [1.165, 1.54) is 38.8 Å². The zero-order valence-electron chi connectivity index (χ0n) is 15.6. The number of nitrogens with zero attached hydrogens (tertiary/aromatic N) is 4. The highest BCUT2D eigenvalue weighted by Gasteiger charge is 2.24. The molecule has 0 N–H and O–H groups in total. The summed E-state index contributed by atoms with van der Waals surface area (Å²) in [5.41, 5.74) is 2.07. The lowest BCUT2D eigenvalue weighted by Gasteiger charge is -2.32. The van der Waals surface area contributed by atoms with Gasteiger partial charge >= 0.3 is 0 Å². The third-order valence-electron chi connectivity index (χ3n) is 5.60. The Morgan fingerprint density at radius 3 is 2.48 bits per heavy atom. The van der Waals surface area contributed by atoms with Crippen LogP contribution in [0, 0.1) is 6.92 Å². The Morgan fingerprint density at radius 1 is 1.08 bits per heavy atom. The van der Waals surface area contributed by atoms with Crippen molar-refractivity contribution in [2.45, 2.75) is 64.2 Å². The third kappa shape index (κ3) is 5.50. The summed E-state index contributed by atoms with van der Waals surface area (Å²) >= 11 is 0. The number of likely N-dealkylation sites (tertiary alicyclic amines) is 2. The summed E-state index contributed by atoms with van der Waals surface area (Å²) in [5, 5.41) is 0. The summed E-state index contributed by atoms with van der Waals surface area (Å²) in [7, 11) is 0. The molecule has 0 aliphatic carbocycles. The first-order valence-corrected chi connectivity index (χ1v) is 10.0. The molecule has 2 aliphatic rings. The van der Waals surface area contributed by atoms with E-state index in [0.717, 1.165) is 50.3 Å². The van der Waals surface area contributed by atoms with Crippen molar-refractivity contribution in [1.82, 2.24) is 19.8 Å². The maximum atomic E-state index is 12.5. The van der Waals surface area contributed by atoms with Gasteiger partial charge in [-0.25, -0.2) is 0 Å². The molecule has 1 aromatic heterocycles. The quantitative estimate of drug-likeness (QED) is 0.823. The first-order valence-electron chi connectivity index (χ1n) is 10.0. The second-order valence-electron chi connectivity index (χ2n) is 7.60. The van der Waals surface area contributed by atoms with Crippen molar-refractivity contribution in [2.75, 3.05) is 32.7 Å². The van der Waals surface area contributed by atoms with Crippen LogP contribution in [0.1, 0.15) is 68.7 Å². The van der Waals surface area contributed by atoms with E-state index in [1.54, 1.807) is 6.20 Å². The Kier molecular flexibility index (Phi) is 6.79. The zero-order valence-corrected chi connectivity index (χ0v) is 15.6. The molecule has 3 heterocycles. The number of piperidine rings is 1. The largest absolute Gasteiger partial charge is 0.343 e. The van der Waals surface area contributed by atoms with Crippen molar-refractivity contribution in [2.24, 2.45) is 0 Å². The van der Waals surface area contributed by atoms with Gasteiger partial charge in [-0.3, -0.25) is 14.8 Å². The number of carbonyl (C=O) groups excluding carboxylic acids is 1. The van der Waals surface area contributed by atoms with Gasteiger partial charge < -0.3 is 9.80 Å². The van der Waals surface area contributed by atoms with E-state index in [2.05, 4.69) is 19.8 Å². The minimum absolute atomic E-state index is 0.337. The van der Waals surface area contributed by atoms with Crippen LogP contribution < -0.4 is 0 Å². The number of carbonyl (C=O) groups is 1. The Bertz CT molecular complexity index is 546. The maximum Gasteiger partial charge on any atom is 0.222 e. The molecule has 5 nitrogen and oxygen atoms in total. The topological polar surface area (TPSA) is 49.3 Å². The SMILES string of the molecule is Cc1cncc(C2CCN(C(=O)CCCN3CCCCCC3)CC2)n1. The fourth-order valence-electron chi connectivity index (χ4n) is 4.08. The minimum atomic E-state index is 0.337. The molecule has 1 aromatic rings. The molecule has 0 bridgehead atoms. The van der Waals surface area contributed by atoms with E-state index in [9.17, 15) is 4.79 Å². The Balaban J connectivity index is 1.38. The standard InChI is InChI=1S/C20H32N4O/c1-17-15-21-16-19(22-17)18-8-13-24(14-9-18)20(25)7-6-12-23-10-4-2-3-5-11-23/h15-16,18H,2-14H2,1H3. The molecular weight excluding hydrogens is 312 g/mol. The molecule has 3 rings (SSSR count). The zero-order chi connectivity index (χ0) is 17.5. The molecule has 0 unspecified atom stereocenters. The van der Waals surface area contributed by atoms with Crippen LogP contribution >= 0.6 is 0 Å². The first kappa shape index (κ1) is 18.3. The van der Waals surface area contributed by atoms with Gasteiger partial charge in [-0.05, 0) is 58.7 Å². The van der Waals surface area contributed by atoms with Gasteiger partial charge in [-0.1, -0.05) is 12.8 Å². The second-order valence-corrected chi connectivity index (χ2v) is 7.60. The molecule has 0 atom stereocenters. The minimum Gasteiger partial charge on any atom is -0.343 e. The van der Waals surface area contributed by atoms with Gasteiger partial charge in [0.1, 0.15) is 0 Å². The lowest BCUT2D eigenvalue weighted by molar-refractivity contribution is -0.132. The summed E-state index contributed by atoms with van der Waals surface area (Å²) in [6, 6.07) is 0. The van der Waals surface area contributed by atoms with Crippen molar-refractivity contribution in [3.8, 4) is 0 Å². The van der Waals surface area contributed by atoms with Crippen molar-refractivity contribution >= 4 is 5.91 Å². The molecule has 0 aromatic carbocycles. The highest BCUT2D eigenvalue weighted by molar-refractivity contribution is 5.76. The van der Waals surface area contributed by atoms with E-state index in [4.69, 9.17) is 0 Å². The van der Waals surface area contributed by atoms with Gasteiger partial charge in [0.25, 0.3) is 0 Å². The lowest BCUT2D eigenvalue weighted by atomic mass is 9.93. The van der Waals surface area contributed by atoms with Gasteiger partial charge in [0.2, 0.25) is 5.91 Å². The van der Waals surface area contributed by atoms with E-state index < -0.39 is 0 Å². The van der Waals surface area contributed by atoms with Crippen molar-refractivity contribution in [3.63, 3.8) is 0 Å². The predicted octanol–water partition coefficient (Wildman–Crippen LogP) is 3.15. The summed E-state index contributed by atoms with van der Waals surface area (Å²) in [5.74, 6) is 0.789. The van der Waals surface area contributed by atoms with Crippen molar-refractivity contribution in [1.29, 1.82) is 0 Å². The summed E-state index contributed by atoms with van der Waals surface area (Å²) < 4.78 is 0. The summed E-state index contributed by atoms with van der Waals surface area (Å²) in [6.45, 7) is 7.24. The molecule has 2 saturated heterocycles. The normalized spacial score (nSPS) is 20.4. The molecule has 0 radical (unpaired) electrons. The number of amides is 1. The van der Waals surface area contributed by atoms with E-state index in [-0.39, 0.29) is 0 Å². The molecule has 25 heavy (non-hydrogen) atoms. The van der Waals surface area contributed by atoms with E-state index in [1.807, 2.05) is 13.1 Å². The summed E-state index contributed by atoms with van der Waals surface area (Å²) in [4.78, 5) is 25.9. The Hall–Kier alpha value is -1.49. The second kappa shape index (κ2) is 9.27. The number of aryl methyl sites for hydroxylation is 1. The van der Waals surface area contributed by atoms with Gasteiger partial charge in [0.05, 0.1) is 11.4 Å². The molecule has 0 spiro atoms. The van der Waals surface area contributed by atoms with Crippen LogP contribution in [0.3, 0.4) is 0 Å². The molecule has 2 fully saturated rings. The highest BCUT2D eigenvalue weighted by atomic mass is 16.2. The van der Waals surface area contributed by atoms with Crippen LogP contribution in [0.4, 0.5) is 0 Å². The average molecular weight is 345 g/mol. The number of aromatic nitrogens is 2. The molecular formula is C20H32N4O. The van der Waals surface area contributed by atoms with Crippen LogP contribution in [-0.4, -0.2) is 58.4 Å². The Morgan fingerprint density at radius 2 is 1.80 bits per heavy atom. The van der Waals surface area contributed by atoms with Gasteiger partial charge in [-0.2, -0.15) is 0 Å². The Labute approximate surface area is 151 Å². The molecule has 2 aliphatic heterocycles. The highest BCUT2D eigenvalue weighted by Crippen LogP contribution is 2.26. The van der Waals surface area contributed by atoms with Gasteiger partial charge in [0, 0.05) is 37.8 Å². The van der Waals surface area contributed by atoms with E-state index >= 15 is 0 Å². The summed E-state index contributed by atoms with van der Waals surface area (Å²) in [6.07, 6.45) is 12.8. The molecule has 1 amide bonds. The monoisotopic (exact) mass is 344 g/mol. The van der Waals surface area contributed by atoms with Crippen LogP contribution in [-0.2, 0) is 4.79 Å². The fourth-order valence-corrected chi connectivity index (χ4v) is 4.08. The number of rotatable bonds is 5. The molecule has 5 heteroatoms. The number of hydrogen-bond donors (Lipinski definition) is 0. The van der Waals surface area contributed by atoms with Gasteiger partial charge in [0.15, 0.2) is 0 Å². The van der Waals surface area contributed by atoms with Crippen LogP contribution in [0.5, 0.6) is 0 Å². The lowest BCUT2D eigenvalue weighted by Crippen LogP contribution is -2.38. The van der Waals surface area contributed by atoms with E-state index in [0.29, 0.717) is 18.2 Å².